The molecule has 0 heterocycles. The number of alkyl halides is 3. The van der Waals surface area contributed by atoms with Crippen LogP contribution >= 0.6 is 0 Å². The largest absolute Gasteiger partial charge is 0.405 e. The van der Waals surface area contributed by atoms with E-state index in [-0.39, 0.29) is 6.04 Å². The van der Waals surface area contributed by atoms with Gasteiger partial charge in [0, 0.05) is 0 Å². The quantitative estimate of drug-likeness (QED) is 0.743. The molecule has 1 aliphatic rings. The van der Waals surface area contributed by atoms with E-state index in [1.54, 1.807) is 5.32 Å². The molecule has 5 nitrogen and oxygen atoms in total. The lowest BCUT2D eigenvalue weighted by atomic mass is 9.77. The molecular weight excluding hydrogens is 323 g/mol. The Hall–Kier alpha value is -2.25. The van der Waals surface area contributed by atoms with Gasteiger partial charge in [-0.1, -0.05) is 36.8 Å². The van der Waals surface area contributed by atoms with Crippen molar-refractivity contribution in [3.05, 3.63) is 35.9 Å². The van der Waals surface area contributed by atoms with Crippen molar-refractivity contribution in [3.63, 3.8) is 0 Å². The number of hydrogen-bond acceptors (Lipinski definition) is 2. The average Bonchev–Trinajstić information content (AvgIpc) is 2.49. The van der Waals surface area contributed by atoms with E-state index in [0.29, 0.717) is 5.92 Å². The molecule has 0 aliphatic heterocycles. The first-order chi connectivity index (χ1) is 11.3. The first-order valence-corrected chi connectivity index (χ1v) is 7.78. The van der Waals surface area contributed by atoms with Crippen LogP contribution in [0.2, 0.25) is 0 Å². The van der Waals surface area contributed by atoms with Crippen molar-refractivity contribution in [3.8, 4) is 0 Å². The Morgan fingerprint density at radius 2 is 1.79 bits per heavy atom. The van der Waals surface area contributed by atoms with Gasteiger partial charge in [-0.3, -0.25) is 4.79 Å². The van der Waals surface area contributed by atoms with Gasteiger partial charge in [0.15, 0.2) is 0 Å². The molecule has 0 bridgehead atoms. The van der Waals surface area contributed by atoms with E-state index in [1.165, 1.54) is 0 Å². The molecule has 3 amide bonds. The summed E-state index contributed by atoms with van der Waals surface area (Å²) in [7, 11) is 0. The third-order valence-corrected chi connectivity index (χ3v) is 3.96. The number of amides is 3. The van der Waals surface area contributed by atoms with Gasteiger partial charge in [-0.2, -0.15) is 13.2 Å². The molecule has 24 heavy (non-hydrogen) atoms. The Labute approximate surface area is 138 Å². The first kappa shape index (κ1) is 18.1. The second-order valence-electron chi connectivity index (χ2n) is 5.80. The van der Waals surface area contributed by atoms with Crippen molar-refractivity contribution in [2.24, 2.45) is 5.92 Å². The molecule has 1 aromatic carbocycles. The molecule has 0 spiro atoms. The van der Waals surface area contributed by atoms with E-state index in [2.05, 4.69) is 10.6 Å². The zero-order valence-corrected chi connectivity index (χ0v) is 13.0. The maximum absolute atomic E-state index is 12.0. The van der Waals surface area contributed by atoms with Gasteiger partial charge in [0.2, 0.25) is 5.91 Å². The van der Waals surface area contributed by atoms with Crippen molar-refractivity contribution in [1.29, 1.82) is 0 Å². The number of urea groups is 1. The van der Waals surface area contributed by atoms with E-state index >= 15 is 0 Å². The van der Waals surface area contributed by atoms with E-state index < -0.39 is 31.2 Å². The lowest BCUT2D eigenvalue weighted by Gasteiger charge is -2.34. The highest BCUT2D eigenvalue weighted by Gasteiger charge is 2.30. The minimum Gasteiger partial charge on any atom is -0.345 e. The summed E-state index contributed by atoms with van der Waals surface area (Å²) in [5.41, 5.74) is 0.971. The van der Waals surface area contributed by atoms with Crippen molar-refractivity contribution >= 4 is 11.9 Å². The second kappa shape index (κ2) is 8.03. The van der Waals surface area contributed by atoms with E-state index in [1.807, 2.05) is 30.3 Å². The molecule has 1 aromatic rings. The van der Waals surface area contributed by atoms with Gasteiger partial charge in [0.1, 0.15) is 6.54 Å². The molecule has 2 rings (SSSR count). The van der Waals surface area contributed by atoms with Gasteiger partial charge in [-0.05, 0) is 24.3 Å². The van der Waals surface area contributed by atoms with Crippen LogP contribution in [0.1, 0.15) is 30.9 Å². The minimum absolute atomic E-state index is 0.168. The molecule has 0 radical (unpaired) electrons. The highest BCUT2D eigenvalue weighted by atomic mass is 19.4. The molecule has 1 aliphatic carbocycles. The molecule has 1 fully saturated rings. The van der Waals surface area contributed by atoms with Crippen LogP contribution in [0.4, 0.5) is 18.0 Å². The number of benzene rings is 1. The third-order valence-electron chi connectivity index (χ3n) is 3.96. The summed E-state index contributed by atoms with van der Waals surface area (Å²) in [5, 5.41) is 6.80. The average molecular weight is 343 g/mol. The maximum atomic E-state index is 12.0. The smallest absolute Gasteiger partial charge is 0.345 e. The normalized spacial score (nSPS) is 16.0. The molecule has 0 aromatic heterocycles. The summed E-state index contributed by atoms with van der Waals surface area (Å²) in [4.78, 5) is 23.2. The molecule has 0 unspecified atom stereocenters. The number of carbonyl (C=O) groups excluding carboxylic acids is 2. The van der Waals surface area contributed by atoms with Gasteiger partial charge >= 0.3 is 12.2 Å². The molecule has 132 valence electrons. The third kappa shape index (κ3) is 5.75. The zero-order valence-electron chi connectivity index (χ0n) is 13.0. The Morgan fingerprint density at radius 1 is 1.12 bits per heavy atom. The standard InChI is InChI=1S/C16H20F3N3O2/c17-16(18,19)10-21-13(23)9-20-15(24)22-14(12-7-4-8-12)11-5-2-1-3-6-11/h1-3,5-6,12,14H,4,7-10H2,(H,21,23)(H2,20,22,24)/t14-/m0/s1. The van der Waals surface area contributed by atoms with Gasteiger partial charge < -0.3 is 16.0 Å². The highest BCUT2D eigenvalue weighted by molar-refractivity contribution is 5.84. The lowest BCUT2D eigenvalue weighted by molar-refractivity contribution is -0.137. The fourth-order valence-electron chi connectivity index (χ4n) is 2.52. The Morgan fingerprint density at radius 3 is 2.33 bits per heavy atom. The fourth-order valence-corrected chi connectivity index (χ4v) is 2.52. The lowest BCUT2D eigenvalue weighted by Crippen LogP contribution is -2.46. The van der Waals surface area contributed by atoms with E-state index in [0.717, 1.165) is 24.8 Å². The molecular formula is C16H20F3N3O2. The van der Waals surface area contributed by atoms with Crippen LogP contribution in [-0.4, -0.2) is 31.2 Å². The summed E-state index contributed by atoms with van der Waals surface area (Å²) in [5.74, 6) is -0.556. The van der Waals surface area contributed by atoms with Crippen molar-refractivity contribution in [2.75, 3.05) is 13.1 Å². The molecule has 1 atom stereocenters. The van der Waals surface area contributed by atoms with Gasteiger partial charge in [-0.15, -0.1) is 0 Å². The molecule has 1 saturated carbocycles. The summed E-state index contributed by atoms with van der Waals surface area (Å²) in [6.07, 6.45) is -1.35. The Balaban J connectivity index is 1.82. The summed E-state index contributed by atoms with van der Waals surface area (Å²) in [6.45, 7) is -1.92. The zero-order chi connectivity index (χ0) is 17.6. The Bertz CT molecular complexity index is 559. The van der Waals surface area contributed by atoms with Gasteiger partial charge in [0.05, 0.1) is 12.6 Å². The van der Waals surface area contributed by atoms with Crippen LogP contribution in [0.15, 0.2) is 30.3 Å². The van der Waals surface area contributed by atoms with Gasteiger partial charge in [-0.25, -0.2) is 4.79 Å². The maximum Gasteiger partial charge on any atom is 0.405 e. The number of hydrogen-bond donors (Lipinski definition) is 3. The van der Waals surface area contributed by atoms with Crippen LogP contribution in [0.25, 0.3) is 0 Å². The van der Waals surface area contributed by atoms with Gasteiger partial charge in [0.25, 0.3) is 0 Å². The fraction of sp³-hybridized carbons (Fsp3) is 0.500. The molecule has 8 heteroatoms. The van der Waals surface area contributed by atoms with E-state index in [4.69, 9.17) is 0 Å². The number of carbonyl (C=O) groups is 2. The monoisotopic (exact) mass is 343 g/mol. The minimum atomic E-state index is -4.47. The molecule has 3 N–H and O–H groups in total. The number of halogens is 3. The van der Waals surface area contributed by atoms with Crippen molar-refractivity contribution in [2.45, 2.75) is 31.5 Å². The van der Waals surface area contributed by atoms with Crippen LogP contribution in [-0.2, 0) is 4.79 Å². The Kier molecular flexibility index (Phi) is 6.05. The highest BCUT2D eigenvalue weighted by Crippen LogP contribution is 2.37. The van der Waals surface area contributed by atoms with Crippen LogP contribution in [0.5, 0.6) is 0 Å². The van der Waals surface area contributed by atoms with Crippen molar-refractivity contribution < 1.29 is 22.8 Å². The van der Waals surface area contributed by atoms with Crippen LogP contribution in [0.3, 0.4) is 0 Å². The SMILES string of the molecule is O=C(CNC(=O)N[C@@H](c1ccccc1)C1CCC1)NCC(F)(F)F. The number of nitrogens with one attached hydrogen (secondary N) is 3. The van der Waals surface area contributed by atoms with Crippen molar-refractivity contribution in [1.82, 2.24) is 16.0 Å². The van der Waals surface area contributed by atoms with Crippen LogP contribution < -0.4 is 16.0 Å². The van der Waals surface area contributed by atoms with E-state index in [9.17, 15) is 22.8 Å². The topological polar surface area (TPSA) is 70.2 Å². The summed E-state index contributed by atoms with van der Waals surface area (Å²) < 4.78 is 36.0. The number of rotatable bonds is 6. The molecule has 0 saturated heterocycles. The summed E-state index contributed by atoms with van der Waals surface area (Å²) >= 11 is 0. The predicted octanol–water partition coefficient (Wildman–Crippen LogP) is 2.51. The van der Waals surface area contributed by atoms with Crippen LogP contribution in [0, 0.1) is 5.92 Å². The predicted molar refractivity (Wildman–Crippen MR) is 82.1 cm³/mol. The first-order valence-electron chi connectivity index (χ1n) is 7.78. The second-order valence-corrected chi connectivity index (χ2v) is 5.80. The summed E-state index contributed by atoms with van der Waals surface area (Å²) in [6, 6.07) is 8.73.